The Kier molecular flexibility index (Phi) is 10.6. The van der Waals surface area contributed by atoms with E-state index in [-0.39, 0.29) is 6.10 Å². The normalized spacial score (nSPS) is 15.3. The second-order valence-electron chi connectivity index (χ2n) is 4.90. The van der Waals surface area contributed by atoms with Crippen molar-refractivity contribution in [2.45, 2.75) is 46.6 Å². The van der Waals surface area contributed by atoms with E-state index in [1.807, 2.05) is 58.0 Å². The fraction of sp³-hybridized carbons (Fsp3) is 0.474. The number of benzene rings is 1. The first-order valence-electron chi connectivity index (χ1n) is 9.01. The van der Waals surface area contributed by atoms with Crippen molar-refractivity contribution in [3.8, 4) is 0 Å². The van der Waals surface area contributed by atoms with Crippen LogP contribution < -0.4 is 10.6 Å². The molecular weight excluding hydrogens is 336 g/mol. The van der Waals surface area contributed by atoms with Crippen LogP contribution in [0, 0.1) is 0 Å². The molecule has 0 spiro atoms. The lowest BCUT2D eigenvalue weighted by Gasteiger charge is -2.13. The zero-order valence-corrected chi connectivity index (χ0v) is 16.3. The number of anilines is 3. The molecule has 0 aliphatic carbocycles. The minimum atomic E-state index is 0.238. The van der Waals surface area contributed by atoms with Gasteiger partial charge in [0.1, 0.15) is 5.02 Å². The zero-order valence-electron chi connectivity index (χ0n) is 15.6. The van der Waals surface area contributed by atoms with Crippen molar-refractivity contribution in [2.75, 3.05) is 23.8 Å². The third kappa shape index (κ3) is 7.28. The molecule has 0 bridgehead atoms. The molecule has 5 nitrogen and oxygen atoms in total. The second-order valence-corrected chi connectivity index (χ2v) is 5.30. The van der Waals surface area contributed by atoms with Crippen molar-refractivity contribution >= 4 is 29.1 Å². The summed E-state index contributed by atoms with van der Waals surface area (Å²) in [5, 5.41) is 6.89. The highest BCUT2D eigenvalue weighted by Gasteiger charge is 2.16. The third-order valence-corrected chi connectivity index (χ3v) is 3.57. The van der Waals surface area contributed by atoms with Crippen molar-refractivity contribution in [2.24, 2.45) is 0 Å². The Morgan fingerprint density at radius 2 is 1.88 bits per heavy atom. The largest absolute Gasteiger partial charge is 0.376 e. The molecule has 1 aromatic heterocycles. The van der Waals surface area contributed by atoms with Gasteiger partial charge >= 0.3 is 0 Å². The van der Waals surface area contributed by atoms with Crippen LogP contribution >= 0.6 is 11.6 Å². The SMILES string of the molecule is CC.CC.Clc1cnc(Nc2ccccc2)nc1NC[C@H]1CCCO1. The van der Waals surface area contributed by atoms with Gasteiger partial charge in [-0.1, -0.05) is 57.5 Å². The summed E-state index contributed by atoms with van der Waals surface area (Å²) in [6.07, 6.45) is 4.02. The molecule has 138 valence electrons. The first-order valence-corrected chi connectivity index (χ1v) is 9.39. The fourth-order valence-electron chi connectivity index (χ4n) is 2.22. The predicted octanol–water partition coefficient (Wildman–Crippen LogP) is 5.52. The minimum Gasteiger partial charge on any atom is -0.376 e. The number of aromatic nitrogens is 2. The lowest BCUT2D eigenvalue weighted by molar-refractivity contribution is 0.120. The number of nitrogens with zero attached hydrogens (tertiary/aromatic N) is 2. The van der Waals surface area contributed by atoms with Gasteiger partial charge in [-0.3, -0.25) is 0 Å². The average Bonchev–Trinajstić information content (AvgIpc) is 3.20. The number of halogens is 1. The summed E-state index contributed by atoms with van der Waals surface area (Å²) < 4.78 is 5.58. The number of para-hydroxylation sites is 1. The van der Waals surface area contributed by atoms with Gasteiger partial charge in [-0.2, -0.15) is 4.98 Å². The van der Waals surface area contributed by atoms with E-state index in [0.717, 1.165) is 25.1 Å². The van der Waals surface area contributed by atoms with E-state index in [1.54, 1.807) is 6.20 Å². The Bertz CT molecular complexity index is 589. The molecule has 25 heavy (non-hydrogen) atoms. The van der Waals surface area contributed by atoms with Crippen LogP contribution in [0.25, 0.3) is 0 Å². The lowest BCUT2D eigenvalue weighted by Crippen LogP contribution is -2.19. The van der Waals surface area contributed by atoms with Crippen LogP contribution in [0.2, 0.25) is 5.02 Å². The van der Waals surface area contributed by atoms with Crippen LogP contribution in [-0.2, 0) is 4.74 Å². The molecule has 3 rings (SSSR count). The number of ether oxygens (including phenoxy) is 1. The quantitative estimate of drug-likeness (QED) is 0.731. The molecule has 2 N–H and O–H groups in total. The molecule has 1 aromatic carbocycles. The molecule has 1 aliphatic heterocycles. The number of hydrogen-bond donors (Lipinski definition) is 2. The Balaban J connectivity index is 0.000000730. The van der Waals surface area contributed by atoms with Gasteiger partial charge in [0, 0.05) is 18.8 Å². The van der Waals surface area contributed by atoms with Gasteiger partial charge in [-0.15, -0.1) is 0 Å². The number of hydrogen-bond acceptors (Lipinski definition) is 5. The van der Waals surface area contributed by atoms with E-state index < -0.39 is 0 Å². The van der Waals surface area contributed by atoms with Crippen LogP contribution in [0.3, 0.4) is 0 Å². The average molecular weight is 365 g/mol. The van der Waals surface area contributed by atoms with Crippen LogP contribution in [0.15, 0.2) is 36.5 Å². The van der Waals surface area contributed by atoms with Gasteiger partial charge in [0.25, 0.3) is 0 Å². The maximum absolute atomic E-state index is 6.13. The zero-order chi connectivity index (χ0) is 18.5. The highest BCUT2D eigenvalue weighted by molar-refractivity contribution is 6.32. The molecule has 0 radical (unpaired) electrons. The molecule has 1 atom stereocenters. The van der Waals surface area contributed by atoms with Crippen molar-refractivity contribution in [3.63, 3.8) is 0 Å². The van der Waals surface area contributed by atoms with E-state index in [2.05, 4.69) is 20.6 Å². The van der Waals surface area contributed by atoms with Gasteiger partial charge in [-0.25, -0.2) is 4.98 Å². The molecular formula is C19H29ClN4O. The summed E-state index contributed by atoms with van der Waals surface area (Å²) in [6.45, 7) is 9.55. The molecule has 1 saturated heterocycles. The van der Waals surface area contributed by atoms with E-state index in [1.165, 1.54) is 0 Å². The number of nitrogens with one attached hydrogen (secondary N) is 2. The van der Waals surface area contributed by atoms with E-state index in [0.29, 0.717) is 23.3 Å². The Morgan fingerprint density at radius 1 is 1.16 bits per heavy atom. The van der Waals surface area contributed by atoms with Gasteiger partial charge < -0.3 is 15.4 Å². The molecule has 0 saturated carbocycles. The highest BCUT2D eigenvalue weighted by atomic mass is 35.5. The summed E-state index contributed by atoms with van der Waals surface area (Å²) in [7, 11) is 0. The van der Waals surface area contributed by atoms with Crippen molar-refractivity contribution in [1.29, 1.82) is 0 Å². The van der Waals surface area contributed by atoms with Crippen LogP contribution in [0.1, 0.15) is 40.5 Å². The fourth-order valence-corrected chi connectivity index (χ4v) is 2.38. The van der Waals surface area contributed by atoms with E-state index in [4.69, 9.17) is 16.3 Å². The smallest absolute Gasteiger partial charge is 0.229 e. The standard InChI is InChI=1S/C15H17ClN4O.2C2H6/c16-13-10-18-15(19-11-5-2-1-3-6-11)20-14(13)17-9-12-7-4-8-21-12;2*1-2/h1-3,5-6,10,12H,4,7-9H2,(H2,17,18,19,20);2*1-2H3/t12-;;/m1../s1. The molecule has 1 fully saturated rings. The minimum absolute atomic E-state index is 0.238. The van der Waals surface area contributed by atoms with Crippen molar-refractivity contribution in [3.05, 3.63) is 41.6 Å². The Hall–Kier alpha value is -1.85. The molecule has 6 heteroatoms. The van der Waals surface area contributed by atoms with Crippen molar-refractivity contribution in [1.82, 2.24) is 9.97 Å². The van der Waals surface area contributed by atoms with Crippen LogP contribution in [0.4, 0.5) is 17.5 Å². The first kappa shape index (κ1) is 21.2. The summed E-state index contributed by atoms with van der Waals surface area (Å²) >= 11 is 6.13. The maximum atomic E-state index is 6.13. The molecule has 2 heterocycles. The molecule has 0 amide bonds. The Labute approximate surface area is 156 Å². The lowest BCUT2D eigenvalue weighted by atomic mass is 10.2. The van der Waals surface area contributed by atoms with Gasteiger partial charge in [0.05, 0.1) is 12.3 Å². The van der Waals surface area contributed by atoms with Gasteiger partial charge in [0.2, 0.25) is 5.95 Å². The molecule has 0 unspecified atom stereocenters. The second kappa shape index (κ2) is 12.5. The first-order chi connectivity index (χ1) is 12.3. The molecule has 2 aromatic rings. The summed E-state index contributed by atoms with van der Waals surface area (Å²) in [6, 6.07) is 9.78. The van der Waals surface area contributed by atoms with Gasteiger partial charge in [-0.05, 0) is 25.0 Å². The summed E-state index contributed by atoms with van der Waals surface area (Å²) in [5.74, 6) is 1.14. The van der Waals surface area contributed by atoms with Gasteiger partial charge in [0.15, 0.2) is 5.82 Å². The van der Waals surface area contributed by atoms with E-state index >= 15 is 0 Å². The number of rotatable bonds is 5. The van der Waals surface area contributed by atoms with Crippen molar-refractivity contribution < 1.29 is 4.74 Å². The van der Waals surface area contributed by atoms with Crippen LogP contribution in [-0.4, -0.2) is 29.2 Å². The van der Waals surface area contributed by atoms with Crippen LogP contribution in [0.5, 0.6) is 0 Å². The predicted molar refractivity (Wildman–Crippen MR) is 107 cm³/mol. The topological polar surface area (TPSA) is 59.1 Å². The highest BCUT2D eigenvalue weighted by Crippen LogP contribution is 2.22. The summed E-state index contributed by atoms with van der Waals surface area (Å²) in [4.78, 5) is 8.60. The summed E-state index contributed by atoms with van der Waals surface area (Å²) in [5.41, 5.74) is 0.935. The Morgan fingerprint density at radius 3 is 2.52 bits per heavy atom. The monoisotopic (exact) mass is 364 g/mol. The maximum Gasteiger partial charge on any atom is 0.229 e. The van der Waals surface area contributed by atoms with E-state index in [9.17, 15) is 0 Å². The third-order valence-electron chi connectivity index (χ3n) is 3.30. The molecule has 1 aliphatic rings.